The summed E-state index contributed by atoms with van der Waals surface area (Å²) in [5.41, 5.74) is 4.59. The van der Waals surface area contributed by atoms with Crippen LogP contribution in [0.5, 0.6) is 11.5 Å². The van der Waals surface area contributed by atoms with Gasteiger partial charge in [0.2, 0.25) is 6.79 Å². The first-order chi connectivity index (χ1) is 8.25. The van der Waals surface area contributed by atoms with E-state index in [1.807, 2.05) is 0 Å². The lowest BCUT2D eigenvalue weighted by molar-refractivity contribution is -0.291. The summed E-state index contributed by atoms with van der Waals surface area (Å²) in [5.74, 6) is -5.12. The predicted octanol–water partition coefficient (Wildman–Crippen LogP) is 2.61. The van der Waals surface area contributed by atoms with E-state index in [1.54, 1.807) is 0 Å². The van der Waals surface area contributed by atoms with Crippen LogP contribution in [0.15, 0.2) is 18.2 Å². The molecule has 0 saturated carbocycles. The average Bonchev–Trinajstić information content (AvgIpc) is 2.73. The van der Waals surface area contributed by atoms with Gasteiger partial charge in [-0.2, -0.15) is 22.0 Å². The van der Waals surface area contributed by atoms with E-state index < -0.39 is 23.7 Å². The van der Waals surface area contributed by atoms with Crippen molar-refractivity contribution in [1.29, 1.82) is 0 Å². The Labute approximate surface area is 98.3 Å². The molecule has 0 fully saturated rings. The quantitative estimate of drug-likeness (QED) is 0.839. The molecule has 1 aliphatic rings. The van der Waals surface area contributed by atoms with Gasteiger partial charge in [-0.1, -0.05) is 12.1 Å². The van der Waals surface area contributed by atoms with Crippen molar-refractivity contribution in [2.45, 2.75) is 18.1 Å². The molecule has 8 heteroatoms. The Kier molecular flexibility index (Phi) is 2.84. The lowest BCUT2D eigenvalue weighted by atomic mass is 9.99. The van der Waals surface area contributed by atoms with Gasteiger partial charge in [0.15, 0.2) is 11.5 Å². The van der Waals surface area contributed by atoms with Crippen LogP contribution in [0.4, 0.5) is 22.0 Å². The summed E-state index contributed by atoms with van der Waals surface area (Å²) < 4.78 is 72.7. The second kappa shape index (κ2) is 3.98. The number of hydrogen-bond donors (Lipinski definition) is 1. The molecule has 1 aromatic rings. The number of benzene rings is 1. The Morgan fingerprint density at radius 3 is 2.39 bits per heavy atom. The molecular weight excluding hydrogens is 261 g/mol. The topological polar surface area (TPSA) is 44.5 Å². The van der Waals surface area contributed by atoms with Crippen LogP contribution in [0.25, 0.3) is 0 Å². The molecule has 0 bridgehead atoms. The van der Waals surface area contributed by atoms with Gasteiger partial charge in [0.1, 0.15) is 6.04 Å². The summed E-state index contributed by atoms with van der Waals surface area (Å²) in [7, 11) is 0. The van der Waals surface area contributed by atoms with Crippen molar-refractivity contribution in [3.05, 3.63) is 23.8 Å². The molecule has 1 atom stereocenters. The molecule has 2 rings (SSSR count). The SMILES string of the molecule is N[C@H](c1cccc2c1OCO2)C(F)(F)C(F)(F)F. The summed E-state index contributed by atoms with van der Waals surface area (Å²) >= 11 is 0. The van der Waals surface area contributed by atoms with E-state index in [0.717, 1.165) is 6.07 Å². The molecule has 1 heterocycles. The molecule has 1 aromatic carbocycles. The highest BCUT2D eigenvalue weighted by Crippen LogP contribution is 2.47. The summed E-state index contributed by atoms with van der Waals surface area (Å²) in [6.45, 7) is -0.239. The third kappa shape index (κ3) is 1.86. The van der Waals surface area contributed by atoms with Gasteiger partial charge in [0, 0.05) is 5.56 Å². The van der Waals surface area contributed by atoms with E-state index >= 15 is 0 Å². The molecule has 1 aliphatic heterocycles. The zero-order valence-corrected chi connectivity index (χ0v) is 8.80. The van der Waals surface area contributed by atoms with Crippen LogP contribution in [0, 0.1) is 0 Å². The largest absolute Gasteiger partial charge is 0.455 e. The van der Waals surface area contributed by atoms with Gasteiger partial charge in [-0.3, -0.25) is 0 Å². The second-order valence-corrected chi connectivity index (χ2v) is 3.68. The summed E-state index contributed by atoms with van der Waals surface area (Å²) in [6, 6.07) is 1.17. The predicted molar refractivity (Wildman–Crippen MR) is 50.5 cm³/mol. The number of fused-ring (bicyclic) bond motifs is 1. The van der Waals surface area contributed by atoms with Crippen LogP contribution in [0.3, 0.4) is 0 Å². The maximum atomic E-state index is 13.1. The zero-order chi connectivity index (χ0) is 13.6. The van der Waals surface area contributed by atoms with Crippen molar-refractivity contribution in [3.63, 3.8) is 0 Å². The fourth-order valence-corrected chi connectivity index (χ4v) is 1.57. The number of nitrogens with two attached hydrogens (primary N) is 1. The Balaban J connectivity index is 2.41. The second-order valence-electron chi connectivity index (χ2n) is 3.68. The molecule has 3 nitrogen and oxygen atoms in total. The van der Waals surface area contributed by atoms with Crippen molar-refractivity contribution in [3.8, 4) is 11.5 Å². The number of halogens is 5. The van der Waals surface area contributed by atoms with E-state index in [9.17, 15) is 22.0 Å². The Bertz CT molecular complexity index is 460. The minimum Gasteiger partial charge on any atom is -0.454 e. The molecular formula is C10H8F5NO2. The van der Waals surface area contributed by atoms with Crippen molar-refractivity contribution in [2.24, 2.45) is 5.73 Å². The molecule has 0 aliphatic carbocycles. The average molecular weight is 269 g/mol. The summed E-state index contributed by atoms with van der Waals surface area (Å²) in [6.07, 6.45) is -5.73. The highest BCUT2D eigenvalue weighted by atomic mass is 19.4. The molecule has 0 spiro atoms. The maximum absolute atomic E-state index is 13.1. The molecule has 2 N–H and O–H groups in total. The number of rotatable bonds is 2. The Morgan fingerprint density at radius 2 is 1.78 bits per heavy atom. The first kappa shape index (κ1) is 12.9. The van der Waals surface area contributed by atoms with Gasteiger partial charge in [-0.25, -0.2) is 0 Å². The lowest BCUT2D eigenvalue weighted by Gasteiger charge is -2.26. The third-order valence-electron chi connectivity index (χ3n) is 2.53. The van der Waals surface area contributed by atoms with Crippen LogP contribution < -0.4 is 15.2 Å². The van der Waals surface area contributed by atoms with Crippen molar-refractivity contribution >= 4 is 0 Å². The molecule has 18 heavy (non-hydrogen) atoms. The van der Waals surface area contributed by atoms with Crippen LogP contribution in [0.2, 0.25) is 0 Å². The summed E-state index contributed by atoms with van der Waals surface area (Å²) in [4.78, 5) is 0. The Morgan fingerprint density at radius 1 is 1.11 bits per heavy atom. The molecule has 0 aromatic heterocycles. The van der Waals surface area contributed by atoms with Gasteiger partial charge in [-0.05, 0) is 6.07 Å². The van der Waals surface area contributed by atoms with Crippen LogP contribution in [-0.2, 0) is 0 Å². The van der Waals surface area contributed by atoms with Gasteiger partial charge >= 0.3 is 12.1 Å². The number of ether oxygens (including phenoxy) is 2. The van der Waals surface area contributed by atoms with E-state index in [4.69, 9.17) is 15.2 Å². The summed E-state index contributed by atoms with van der Waals surface area (Å²) in [5, 5.41) is 0. The van der Waals surface area contributed by atoms with Gasteiger partial charge in [-0.15, -0.1) is 0 Å². The fourth-order valence-electron chi connectivity index (χ4n) is 1.57. The standard InChI is InChI=1S/C10H8F5NO2/c11-9(12,10(13,14)15)8(16)5-2-1-3-6-7(5)18-4-17-6/h1-3,8H,4,16H2/t8-/m1/s1. The maximum Gasteiger partial charge on any atom is 0.455 e. The minimum atomic E-state index is -5.73. The molecule has 0 amide bonds. The van der Waals surface area contributed by atoms with Crippen molar-refractivity contribution < 1.29 is 31.4 Å². The van der Waals surface area contributed by atoms with Gasteiger partial charge < -0.3 is 15.2 Å². The van der Waals surface area contributed by atoms with E-state index in [-0.39, 0.29) is 18.3 Å². The number of hydrogen-bond acceptors (Lipinski definition) is 3. The molecule has 0 radical (unpaired) electrons. The highest BCUT2D eigenvalue weighted by Gasteiger charge is 2.62. The van der Waals surface area contributed by atoms with Crippen molar-refractivity contribution in [1.82, 2.24) is 0 Å². The highest BCUT2D eigenvalue weighted by molar-refractivity contribution is 5.50. The van der Waals surface area contributed by atoms with E-state index in [1.165, 1.54) is 12.1 Å². The number of alkyl halides is 5. The Hall–Kier alpha value is -1.57. The minimum absolute atomic E-state index is 0.0981. The van der Waals surface area contributed by atoms with Crippen LogP contribution in [0.1, 0.15) is 11.6 Å². The normalized spacial score (nSPS) is 16.8. The lowest BCUT2D eigenvalue weighted by Crippen LogP contribution is -2.45. The number of para-hydroxylation sites is 1. The van der Waals surface area contributed by atoms with E-state index in [2.05, 4.69) is 0 Å². The zero-order valence-electron chi connectivity index (χ0n) is 8.80. The van der Waals surface area contributed by atoms with Gasteiger partial charge in [0.25, 0.3) is 0 Å². The van der Waals surface area contributed by atoms with Gasteiger partial charge in [0.05, 0.1) is 0 Å². The molecule has 0 unspecified atom stereocenters. The molecule has 100 valence electrons. The van der Waals surface area contributed by atoms with Crippen molar-refractivity contribution in [2.75, 3.05) is 6.79 Å². The smallest absolute Gasteiger partial charge is 0.454 e. The fraction of sp³-hybridized carbons (Fsp3) is 0.400. The van der Waals surface area contributed by atoms with Crippen LogP contribution in [-0.4, -0.2) is 18.9 Å². The first-order valence-corrected chi connectivity index (χ1v) is 4.84. The monoisotopic (exact) mass is 269 g/mol. The third-order valence-corrected chi connectivity index (χ3v) is 2.53. The molecule has 0 saturated heterocycles. The van der Waals surface area contributed by atoms with Crippen LogP contribution >= 0.6 is 0 Å². The van der Waals surface area contributed by atoms with E-state index in [0.29, 0.717) is 0 Å². The first-order valence-electron chi connectivity index (χ1n) is 4.84.